The normalized spacial score (nSPS) is 12.2. The van der Waals surface area contributed by atoms with Crippen LogP contribution >= 0.6 is 0 Å². The van der Waals surface area contributed by atoms with Crippen LogP contribution in [0.1, 0.15) is 43.9 Å². The van der Waals surface area contributed by atoms with Gasteiger partial charge in [-0.1, -0.05) is 19.1 Å². The average molecular weight is 449 g/mol. The molecule has 0 spiro atoms. The molecule has 7 nitrogen and oxygen atoms in total. The molecule has 0 saturated carbocycles. The van der Waals surface area contributed by atoms with Crippen molar-refractivity contribution in [2.45, 2.75) is 39.2 Å². The Bertz CT molecular complexity index is 974. The molecular formula is C23H32N2O5S. The molecule has 0 fully saturated rings. The summed E-state index contributed by atoms with van der Waals surface area (Å²) in [6, 6.07) is 12.6. The zero-order chi connectivity index (χ0) is 23.0. The van der Waals surface area contributed by atoms with E-state index in [2.05, 4.69) is 5.32 Å². The molecule has 0 bridgehead atoms. The van der Waals surface area contributed by atoms with E-state index >= 15 is 0 Å². The third kappa shape index (κ3) is 6.89. The van der Waals surface area contributed by atoms with Crippen LogP contribution in [0.3, 0.4) is 0 Å². The van der Waals surface area contributed by atoms with Crippen molar-refractivity contribution in [1.82, 2.24) is 5.32 Å². The zero-order valence-electron chi connectivity index (χ0n) is 18.8. The van der Waals surface area contributed by atoms with Crippen LogP contribution in [0.4, 0.5) is 5.69 Å². The molecule has 0 aliphatic rings. The van der Waals surface area contributed by atoms with Crippen molar-refractivity contribution >= 4 is 21.6 Å². The number of sulfonamides is 1. The van der Waals surface area contributed by atoms with Crippen LogP contribution in [-0.2, 0) is 21.2 Å². The first-order chi connectivity index (χ1) is 14.7. The molecule has 0 unspecified atom stereocenters. The lowest BCUT2D eigenvalue weighted by Crippen LogP contribution is -2.32. The molecule has 0 heterocycles. The minimum Gasteiger partial charge on any atom is -0.497 e. The van der Waals surface area contributed by atoms with Gasteiger partial charge in [-0.15, -0.1) is 0 Å². The summed E-state index contributed by atoms with van der Waals surface area (Å²) in [5.41, 5.74) is 2.55. The first-order valence-electron chi connectivity index (χ1n) is 10.3. The third-order valence-corrected chi connectivity index (χ3v) is 6.27. The molecule has 170 valence electrons. The molecule has 2 rings (SSSR count). The minimum absolute atomic E-state index is 0.160. The lowest BCUT2D eigenvalue weighted by atomic mass is 10.1. The Morgan fingerprint density at radius 1 is 1.10 bits per heavy atom. The van der Waals surface area contributed by atoms with Gasteiger partial charge in [-0.2, -0.15) is 0 Å². The van der Waals surface area contributed by atoms with Crippen LogP contribution in [-0.4, -0.2) is 41.3 Å². The van der Waals surface area contributed by atoms with Gasteiger partial charge in [-0.05, 0) is 55.7 Å². The third-order valence-electron chi connectivity index (χ3n) is 5.08. The summed E-state index contributed by atoms with van der Waals surface area (Å²) in [6.45, 7) is 4.14. The van der Waals surface area contributed by atoms with E-state index in [1.807, 2.05) is 32.0 Å². The quantitative estimate of drug-likeness (QED) is 0.567. The van der Waals surface area contributed by atoms with E-state index in [1.165, 1.54) is 10.6 Å². The Labute approximate surface area is 185 Å². The van der Waals surface area contributed by atoms with Crippen LogP contribution in [0.25, 0.3) is 0 Å². The highest BCUT2D eigenvalue weighted by Crippen LogP contribution is 2.29. The Hall–Kier alpha value is -2.74. The monoisotopic (exact) mass is 448 g/mol. The van der Waals surface area contributed by atoms with E-state index in [-0.39, 0.29) is 24.9 Å². The number of benzene rings is 2. The van der Waals surface area contributed by atoms with Gasteiger partial charge < -0.3 is 14.8 Å². The minimum atomic E-state index is -3.45. The van der Waals surface area contributed by atoms with E-state index in [4.69, 9.17) is 9.47 Å². The number of carbonyl (C=O) groups excluding carboxylic acids is 1. The molecule has 0 saturated heterocycles. The summed E-state index contributed by atoms with van der Waals surface area (Å²) >= 11 is 0. The van der Waals surface area contributed by atoms with Crippen LogP contribution < -0.4 is 19.1 Å². The second kappa shape index (κ2) is 11.0. The molecule has 2 aromatic carbocycles. The van der Waals surface area contributed by atoms with Gasteiger partial charge in [0.15, 0.2) is 0 Å². The van der Waals surface area contributed by atoms with Crippen molar-refractivity contribution < 1.29 is 22.7 Å². The van der Waals surface area contributed by atoms with Gasteiger partial charge in [0.25, 0.3) is 0 Å². The maximum Gasteiger partial charge on any atom is 0.232 e. The SMILES string of the molecule is CCc1ccc(N(CCCC(=O)N[C@H](C)c2cc(OC)ccc2OC)S(C)(=O)=O)cc1. The standard InChI is InChI=1S/C23H32N2O5S/c1-6-18-9-11-19(12-10-18)25(31(5,27)28)15-7-8-23(26)24-17(2)21-16-20(29-3)13-14-22(21)30-4/h9-14,16-17H,6-8,15H2,1-5H3,(H,24,26)/t17-/m1/s1. The van der Waals surface area contributed by atoms with Gasteiger partial charge in [0.1, 0.15) is 11.5 Å². The van der Waals surface area contributed by atoms with Crippen molar-refractivity contribution in [1.29, 1.82) is 0 Å². The van der Waals surface area contributed by atoms with Crippen molar-refractivity contribution in [3.05, 3.63) is 53.6 Å². The van der Waals surface area contributed by atoms with Crippen molar-refractivity contribution in [3.63, 3.8) is 0 Å². The number of nitrogens with one attached hydrogen (secondary N) is 1. The molecule has 1 atom stereocenters. The Balaban J connectivity index is 1.99. The number of amides is 1. The number of aryl methyl sites for hydroxylation is 1. The lowest BCUT2D eigenvalue weighted by Gasteiger charge is -2.23. The molecule has 0 aliphatic heterocycles. The number of ether oxygens (including phenoxy) is 2. The van der Waals surface area contributed by atoms with E-state index in [9.17, 15) is 13.2 Å². The average Bonchev–Trinajstić information content (AvgIpc) is 2.75. The van der Waals surface area contributed by atoms with E-state index in [0.29, 0.717) is 23.6 Å². The van der Waals surface area contributed by atoms with Gasteiger partial charge in [-0.25, -0.2) is 8.42 Å². The molecule has 1 amide bonds. The van der Waals surface area contributed by atoms with Crippen molar-refractivity contribution in [2.24, 2.45) is 0 Å². The number of nitrogens with zero attached hydrogens (tertiary/aromatic N) is 1. The van der Waals surface area contributed by atoms with E-state index in [1.54, 1.807) is 38.5 Å². The Morgan fingerprint density at radius 2 is 1.77 bits per heavy atom. The van der Waals surface area contributed by atoms with Crippen LogP contribution in [0, 0.1) is 0 Å². The molecule has 1 N–H and O–H groups in total. The van der Waals surface area contributed by atoms with Crippen molar-refractivity contribution in [2.75, 3.05) is 31.3 Å². The zero-order valence-corrected chi connectivity index (χ0v) is 19.7. The fourth-order valence-electron chi connectivity index (χ4n) is 3.34. The fraction of sp³-hybridized carbons (Fsp3) is 0.435. The van der Waals surface area contributed by atoms with Gasteiger partial charge in [-0.3, -0.25) is 9.10 Å². The fourth-order valence-corrected chi connectivity index (χ4v) is 4.30. The number of hydrogen-bond acceptors (Lipinski definition) is 5. The highest BCUT2D eigenvalue weighted by Gasteiger charge is 2.19. The summed E-state index contributed by atoms with van der Waals surface area (Å²) < 4.78 is 36.5. The summed E-state index contributed by atoms with van der Waals surface area (Å²) in [6.07, 6.45) is 2.67. The number of anilines is 1. The molecule has 0 aromatic heterocycles. The Morgan fingerprint density at radius 3 is 2.32 bits per heavy atom. The molecule has 8 heteroatoms. The number of hydrogen-bond donors (Lipinski definition) is 1. The summed E-state index contributed by atoms with van der Waals surface area (Å²) in [5.74, 6) is 1.18. The lowest BCUT2D eigenvalue weighted by molar-refractivity contribution is -0.121. The second-order valence-corrected chi connectivity index (χ2v) is 9.26. The number of methoxy groups -OCH3 is 2. The summed E-state index contributed by atoms with van der Waals surface area (Å²) in [5, 5.41) is 2.95. The number of carbonyl (C=O) groups is 1. The van der Waals surface area contributed by atoms with Gasteiger partial charge in [0, 0.05) is 18.5 Å². The van der Waals surface area contributed by atoms with Gasteiger partial charge in [0.05, 0.1) is 32.2 Å². The second-order valence-electron chi connectivity index (χ2n) is 7.36. The number of rotatable bonds is 11. The molecule has 0 aliphatic carbocycles. The first kappa shape index (κ1) is 24.5. The highest BCUT2D eigenvalue weighted by atomic mass is 32.2. The predicted molar refractivity (Wildman–Crippen MR) is 123 cm³/mol. The van der Waals surface area contributed by atoms with Crippen molar-refractivity contribution in [3.8, 4) is 11.5 Å². The predicted octanol–water partition coefficient (Wildman–Crippen LogP) is 3.69. The molecule has 0 radical (unpaired) electrons. The summed E-state index contributed by atoms with van der Waals surface area (Å²) in [4.78, 5) is 12.5. The van der Waals surface area contributed by atoms with E-state index < -0.39 is 10.0 Å². The molecule has 31 heavy (non-hydrogen) atoms. The first-order valence-corrected chi connectivity index (χ1v) is 12.1. The van der Waals surface area contributed by atoms with Crippen LogP contribution in [0.5, 0.6) is 11.5 Å². The maximum atomic E-state index is 12.5. The smallest absolute Gasteiger partial charge is 0.232 e. The Kier molecular flexibility index (Phi) is 8.74. The largest absolute Gasteiger partial charge is 0.497 e. The highest BCUT2D eigenvalue weighted by molar-refractivity contribution is 7.92. The molecular weight excluding hydrogens is 416 g/mol. The van der Waals surface area contributed by atoms with E-state index in [0.717, 1.165) is 17.5 Å². The van der Waals surface area contributed by atoms with Gasteiger partial charge >= 0.3 is 0 Å². The van der Waals surface area contributed by atoms with Crippen LogP contribution in [0.2, 0.25) is 0 Å². The topological polar surface area (TPSA) is 84.9 Å². The maximum absolute atomic E-state index is 12.5. The van der Waals surface area contributed by atoms with Crippen LogP contribution in [0.15, 0.2) is 42.5 Å². The summed E-state index contributed by atoms with van der Waals surface area (Å²) in [7, 11) is -0.289. The molecule has 2 aromatic rings. The van der Waals surface area contributed by atoms with Gasteiger partial charge in [0.2, 0.25) is 15.9 Å².